The molecule has 2 heterocycles. The highest BCUT2D eigenvalue weighted by molar-refractivity contribution is 7.22. The summed E-state index contributed by atoms with van der Waals surface area (Å²) in [6.07, 6.45) is -3.63. The molecule has 0 saturated carbocycles. The van der Waals surface area contributed by atoms with Gasteiger partial charge in [-0.3, -0.25) is 14.6 Å². The number of aromatic nitrogens is 1. The van der Waals surface area contributed by atoms with Crippen LogP contribution in [0.5, 0.6) is 5.75 Å². The molecule has 1 amide bonds. The van der Waals surface area contributed by atoms with Crippen LogP contribution < -0.4 is 9.64 Å². The number of fused-ring (bicyclic) bond motifs is 1. The van der Waals surface area contributed by atoms with Crippen molar-refractivity contribution in [3.8, 4) is 5.75 Å². The van der Waals surface area contributed by atoms with Crippen LogP contribution in [0.1, 0.15) is 18.1 Å². The smallest absolute Gasteiger partial charge is 0.406 e. The van der Waals surface area contributed by atoms with Gasteiger partial charge < -0.3 is 9.47 Å². The Balaban J connectivity index is 1.56. The number of morpholine rings is 1. The number of rotatable bonds is 8. The molecule has 1 aliphatic heterocycles. The molecule has 0 spiro atoms. The summed E-state index contributed by atoms with van der Waals surface area (Å²) in [6.45, 7) is 6.05. The fraction of sp³-hybridized carbons (Fsp3) is 0.417. The Morgan fingerprint density at radius 3 is 2.53 bits per heavy atom. The molecule has 0 unspecified atom stereocenters. The molecule has 1 fully saturated rings. The average Bonchev–Trinajstić information content (AvgIpc) is 3.22. The van der Waals surface area contributed by atoms with Gasteiger partial charge >= 0.3 is 6.36 Å². The topological polar surface area (TPSA) is 54.9 Å². The Bertz CT molecular complexity index is 1110. The van der Waals surface area contributed by atoms with E-state index >= 15 is 0 Å². The number of hydrogen-bond donors (Lipinski definition) is 0. The molecule has 1 aromatic heterocycles. The molecule has 0 N–H and O–H groups in total. The zero-order valence-electron chi connectivity index (χ0n) is 18.8. The Kier molecular flexibility index (Phi) is 7.70. The minimum Gasteiger partial charge on any atom is -0.406 e. The molecule has 0 radical (unpaired) electrons. The van der Waals surface area contributed by atoms with E-state index in [-0.39, 0.29) is 18.1 Å². The second kappa shape index (κ2) is 10.7. The highest BCUT2D eigenvalue weighted by Gasteiger charge is 2.31. The first-order chi connectivity index (χ1) is 16.3. The molecule has 0 atom stereocenters. The molecule has 1 saturated heterocycles. The van der Waals surface area contributed by atoms with Crippen molar-refractivity contribution in [1.29, 1.82) is 0 Å². The van der Waals surface area contributed by atoms with Crippen LogP contribution in [0.4, 0.5) is 18.3 Å². The van der Waals surface area contributed by atoms with E-state index in [1.165, 1.54) is 35.1 Å². The standard InChI is InChI=1S/C24H26F3N3O3S/c1-2-17-3-5-18(6-4-17)15-22(31)30(10-9-29-11-13-32-14-12-29)23-28-20-8-7-19(16-21(20)34-23)33-24(25,26)27/h3-8,16H,2,9-15H2,1H3. The van der Waals surface area contributed by atoms with Gasteiger partial charge in [-0.15, -0.1) is 13.2 Å². The predicted molar refractivity (Wildman–Crippen MR) is 125 cm³/mol. The molecule has 4 rings (SSSR count). The van der Waals surface area contributed by atoms with Crippen LogP contribution in [-0.2, 0) is 22.4 Å². The van der Waals surface area contributed by atoms with E-state index in [1.54, 1.807) is 4.90 Å². The first kappa shape index (κ1) is 24.4. The number of anilines is 1. The Hall–Kier alpha value is -2.69. The second-order valence-electron chi connectivity index (χ2n) is 8.02. The number of benzene rings is 2. The zero-order chi connectivity index (χ0) is 24.1. The maximum atomic E-state index is 13.3. The minimum absolute atomic E-state index is 0.108. The van der Waals surface area contributed by atoms with Crippen LogP contribution in [0.25, 0.3) is 10.2 Å². The van der Waals surface area contributed by atoms with Gasteiger partial charge in [-0.25, -0.2) is 4.98 Å². The molecule has 1 aliphatic rings. The maximum absolute atomic E-state index is 13.3. The first-order valence-electron chi connectivity index (χ1n) is 11.2. The van der Waals surface area contributed by atoms with Crippen molar-refractivity contribution in [3.63, 3.8) is 0 Å². The number of alkyl halides is 3. The Morgan fingerprint density at radius 1 is 1.15 bits per heavy atom. The molecule has 182 valence electrons. The quantitative estimate of drug-likeness (QED) is 0.457. The normalized spacial score (nSPS) is 14.9. The summed E-state index contributed by atoms with van der Waals surface area (Å²) in [5.41, 5.74) is 2.62. The average molecular weight is 494 g/mol. The van der Waals surface area contributed by atoms with E-state index in [9.17, 15) is 18.0 Å². The van der Waals surface area contributed by atoms with Crippen LogP contribution in [-0.4, -0.2) is 61.5 Å². The first-order valence-corrected chi connectivity index (χ1v) is 12.0. The lowest BCUT2D eigenvalue weighted by molar-refractivity contribution is -0.274. The number of hydrogen-bond acceptors (Lipinski definition) is 6. The predicted octanol–water partition coefficient (Wildman–Crippen LogP) is 4.67. The lowest BCUT2D eigenvalue weighted by Gasteiger charge is -2.29. The van der Waals surface area contributed by atoms with Crippen LogP contribution in [0.15, 0.2) is 42.5 Å². The Labute approximate surface area is 199 Å². The fourth-order valence-electron chi connectivity index (χ4n) is 3.76. The van der Waals surface area contributed by atoms with Crippen LogP contribution in [0.2, 0.25) is 0 Å². The fourth-order valence-corrected chi connectivity index (χ4v) is 4.80. The number of halogens is 3. The van der Waals surface area contributed by atoms with Crippen molar-refractivity contribution in [1.82, 2.24) is 9.88 Å². The molecule has 0 aliphatic carbocycles. The van der Waals surface area contributed by atoms with Gasteiger partial charge in [0.05, 0.1) is 29.9 Å². The maximum Gasteiger partial charge on any atom is 0.573 e. The number of nitrogens with zero attached hydrogens (tertiary/aromatic N) is 3. The van der Waals surface area contributed by atoms with Gasteiger partial charge in [0.2, 0.25) is 5.91 Å². The third kappa shape index (κ3) is 6.46. The number of aryl methyl sites for hydroxylation is 1. The van der Waals surface area contributed by atoms with Crippen molar-refractivity contribution in [2.75, 3.05) is 44.3 Å². The van der Waals surface area contributed by atoms with E-state index < -0.39 is 6.36 Å². The van der Waals surface area contributed by atoms with Crippen LogP contribution >= 0.6 is 11.3 Å². The lowest BCUT2D eigenvalue weighted by atomic mass is 10.1. The molecular weight excluding hydrogens is 467 g/mol. The molecule has 6 nitrogen and oxygen atoms in total. The van der Waals surface area contributed by atoms with Crippen molar-refractivity contribution in [3.05, 3.63) is 53.6 Å². The second-order valence-corrected chi connectivity index (χ2v) is 9.03. The van der Waals surface area contributed by atoms with Gasteiger partial charge in [-0.05, 0) is 29.7 Å². The van der Waals surface area contributed by atoms with Crippen molar-refractivity contribution in [2.45, 2.75) is 26.1 Å². The van der Waals surface area contributed by atoms with Gasteiger partial charge in [0, 0.05) is 32.2 Å². The number of carbonyl (C=O) groups excluding carboxylic acids is 1. The van der Waals surface area contributed by atoms with Gasteiger partial charge in [-0.1, -0.05) is 42.5 Å². The van der Waals surface area contributed by atoms with E-state index in [0.717, 1.165) is 25.1 Å². The van der Waals surface area contributed by atoms with Crippen molar-refractivity contribution < 1.29 is 27.4 Å². The SMILES string of the molecule is CCc1ccc(CC(=O)N(CCN2CCOCC2)c2nc3ccc(OC(F)(F)F)cc3s2)cc1. The number of ether oxygens (including phenoxy) is 2. The summed E-state index contributed by atoms with van der Waals surface area (Å²) in [5.74, 6) is -0.416. The number of thiazole rings is 1. The molecule has 3 aromatic rings. The van der Waals surface area contributed by atoms with E-state index in [4.69, 9.17) is 4.74 Å². The number of carbonyl (C=O) groups is 1. The van der Waals surface area contributed by atoms with Gasteiger partial charge in [0.1, 0.15) is 5.75 Å². The van der Waals surface area contributed by atoms with Crippen molar-refractivity contribution in [2.24, 2.45) is 0 Å². The van der Waals surface area contributed by atoms with E-state index in [2.05, 4.69) is 21.5 Å². The third-order valence-corrected chi connectivity index (χ3v) is 6.69. The van der Waals surface area contributed by atoms with Crippen LogP contribution in [0, 0.1) is 0 Å². The summed E-state index contributed by atoms with van der Waals surface area (Å²) in [4.78, 5) is 21.8. The minimum atomic E-state index is -4.77. The van der Waals surface area contributed by atoms with Gasteiger partial charge in [-0.2, -0.15) is 0 Å². The Morgan fingerprint density at radius 2 is 1.85 bits per heavy atom. The van der Waals surface area contributed by atoms with E-state index in [1.807, 2.05) is 24.3 Å². The monoisotopic (exact) mass is 493 g/mol. The molecule has 34 heavy (non-hydrogen) atoms. The van der Waals surface area contributed by atoms with Crippen molar-refractivity contribution >= 4 is 32.6 Å². The molecule has 0 bridgehead atoms. The lowest BCUT2D eigenvalue weighted by Crippen LogP contribution is -2.43. The molecule has 2 aromatic carbocycles. The third-order valence-electron chi connectivity index (χ3n) is 5.64. The summed E-state index contributed by atoms with van der Waals surface area (Å²) in [5, 5.41) is 0.461. The van der Waals surface area contributed by atoms with Gasteiger partial charge in [0.25, 0.3) is 0 Å². The largest absolute Gasteiger partial charge is 0.573 e. The van der Waals surface area contributed by atoms with Crippen LogP contribution in [0.3, 0.4) is 0 Å². The molecule has 10 heteroatoms. The summed E-state index contributed by atoms with van der Waals surface area (Å²) in [7, 11) is 0. The van der Waals surface area contributed by atoms with E-state index in [0.29, 0.717) is 41.7 Å². The highest BCUT2D eigenvalue weighted by atomic mass is 32.1. The number of amides is 1. The zero-order valence-corrected chi connectivity index (χ0v) is 19.6. The molecular formula is C24H26F3N3O3S. The van der Waals surface area contributed by atoms with Gasteiger partial charge in [0.15, 0.2) is 5.13 Å². The summed E-state index contributed by atoms with van der Waals surface area (Å²) in [6, 6.07) is 11.9. The highest BCUT2D eigenvalue weighted by Crippen LogP contribution is 2.33. The summed E-state index contributed by atoms with van der Waals surface area (Å²) < 4.78 is 47.8. The summed E-state index contributed by atoms with van der Waals surface area (Å²) >= 11 is 1.18.